The monoisotopic (exact) mass is 446 g/mol. The summed E-state index contributed by atoms with van der Waals surface area (Å²) in [5, 5.41) is 35.7. The summed E-state index contributed by atoms with van der Waals surface area (Å²) < 4.78 is 10.4. The number of aliphatic hydroxyl groups excluding tert-OH is 3. The molecule has 0 aliphatic rings. The van der Waals surface area contributed by atoms with E-state index in [2.05, 4.69) is 24.5 Å². The van der Waals surface area contributed by atoms with Crippen LogP contribution in [-0.2, 0) is 19.1 Å². The highest BCUT2D eigenvalue weighted by Gasteiger charge is 2.36. The van der Waals surface area contributed by atoms with E-state index in [-0.39, 0.29) is 5.41 Å². The van der Waals surface area contributed by atoms with Gasteiger partial charge in [-0.25, -0.2) is 0 Å². The Bertz CT molecular complexity index is 561. The number of allylic oxidation sites excluding steroid dienone is 1. The second-order valence-electron chi connectivity index (χ2n) is 9.20. The predicted octanol–water partition coefficient (Wildman–Crippen LogP) is 0.370. The molecule has 0 saturated heterocycles. The normalized spacial score (nSPS) is 17.3. The molecule has 5 N–H and O–H groups in total. The summed E-state index contributed by atoms with van der Waals surface area (Å²) in [6, 6.07) is -0.878. The zero-order valence-corrected chi connectivity index (χ0v) is 19.9. The van der Waals surface area contributed by atoms with Crippen LogP contribution in [0.3, 0.4) is 0 Å². The minimum atomic E-state index is -1.70. The summed E-state index contributed by atoms with van der Waals surface area (Å²) in [6.07, 6.45) is -2.51. The zero-order chi connectivity index (χ0) is 24.2. The lowest BCUT2D eigenvalue weighted by molar-refractivity contribution is -0.150. The third-order valence-corrected chi connectivity index (χ3v) is 4.28. The molecule has 0 aromatic heterocycles. The fraction of sp³-hybridized carbons (Fsp3) is 0.818. The molecule has 9 nitrogen and oxygen atoms in total. The molecule has 0 heterocycles. The topological polar surface area (TPSA) is 137 Å². The molecule has 0 saturated carbocycles. The van der Waals surface area contributed by atoms with Gasteiger partial charge >= 0.3 is 0 Å². The van der Waals surface area contributed by atoms with Gasteiger partial charge in [0.05, 0.1) is 0 Å². The summed E-state index contributed by atoms with van der Waals surface area (Å²) >= 11 is 0. The minimum absolute atomic E-state index is 0.229. The van der Waals surface area contributed by atoms with E-state index in [1.807, 2.05) is 20.8 Å². The van der Waals surface area contributed by atoms with Crippen molar-refractivity contribution in [1.82, 2.24) is 10.6 Å². The van der Waals surface area contributed by atoms with Crippen molar-refractivity contribution in [2.24, 2.45) is 11.3 Å². The van der Waals surface area contributed by atoms with Crippen molar-refractivity contribution in [2.75, 3.05) is 26.9 Å². The van der Waals surface area contributed by atoms with Crippen LogP contribution in [0.5, 0.6) is 0 Å². The Kier molecular flexibility index (Phi) is 13.8. The zero-order valence-electron chi connectivity index (χ0n) is 19.9. The van der Waals surface area contributed by atoms with Crippen LogP contribution in [0.1, 0.15) is 48.0 Å². The molecule has 0 aromatic carbocycles. The SMILES string of the molecule is CO[C@@H](C(=O)N[C@@H](C)C(=O)NCCCOCC(C)C)[C@H](O)[C@@H](O)[C@H](O)C=CC(C)(C)C. The maximum absolute atomic E-state index is 12.4. The van der Waals surface area contributed by atoms with E-state index >= 15 is 0 Å². The molecule has 182 valence electrons. The number of nitrogens with one attached hydrogen (secondary N) is 2. The molecule has 5 atom stereocenters. The lowest BCUT2D eigenvalue weighted by Gasteiger charge is -2.28. The molecule has 0 spiro atoms. The Morgan fingerprint density at radius 1 is 1.03 bits per heavy atom. The fourth-order valence-corrected chi connectivity index (χ4v) is 2.50. The molecule has 0 unspecified atom stereocenters. The van der Waals surface area contributed by atoms with E-state index < -0.39 is 42.3 Å². The molecule has 0 rings (SSSR count). The summed E-state index contributed by atoms with van der Waals surface area (Å²) in [5.41, 5.74) is -0.229. The lowest BCUT2D eigenvalue weighted by atomic mass is 9.94. The number of aliphatic hydroxyl groups is 3. The highest BCUT2D eigenvalue weighted by molar-refractivity contribution is 5.89. The summed E-state index contributed by atoms with van der Waals surface area (Å²) in [7, 11) is 1.19. The quantitative estimate of drug-likeness (QED) is 0.192. The number of carbonyl (C=O) groups excluding carboxylic acids is 2. The van der Waals surface area contributed by atoms with E-state index in [0.717, 1.165) is 0 Å². The second kappa shape index (κ2) is 14.5. The van der Waals surface area contributed by atoms with Crippen molar-refractivity contribution in [3.8, 4) is 0 Å². The maximum atomic E-state index is 12.4. The van der Waals surface area contributed by atoms with Crippen molar-refractivity contribution in [3.05, 3.63) is 12.2 Å². The molecule has 0 bridgehead atoms. The Morgan fingerprint density at radius 2 is 1.65 bits per heavy atom. The molecule has 9 heteroatoms. The van der Waals surface area contributed by atoms with Crippen LogP contribution < -0.4 is 10.6 Å². The molecule has 0 aliphatic carbocycles. The largest absolute Gasteiger partial charge is 0.387 e. The summed E-state index contributed by atoms with van der Waals surface area (Å²) in [4.78, 5) is 24.6. The van der Waals surface area contributed by atoms with Crippen molar-refractivity contribution in [3.63, 3.8) is 0 Å². The molecule has 0 radical (unpaired) electrons. The number of amides is 2. The molecule has 2 amide bonds. The lowest BCUT2D eigenvalue weighted by Crippen LogP contribution is -2.55. The van der Waals surface area contributed by atoms with Crippen molar-refractivity contribution in [2.45, 2.75) is 78.4 Å². The average Bonchev–Trinajstić information content (AvgIpc) is 2.67. The van der Waals surface area contributed by atoms with Crippen molar-refractivity contribution >= 4 is 11.8 Å². The predicted molar refractivity (Wildman–Crippen MR) is 118 cm³/mol. The summed E-state index contributed by atoms with van der Waals surface area (Å²) in [6.45, 7) is 12.9. The van der Waals surface area contributed by atoms with Crippen molar-refractivity contribution in [1.29, 1.82) is 0 Å². The molecular weight excluding hydrogens is 404 g/mol. The number of hydrogen-bond acceptors (Lipinski definition) is 7. The van der Waals surface area contributed by atoms with E-state index in [9.17, 15) is 24.9 Å². The number of carbonyl (C=O) groups is 2. The van der Waals surface area contributed by atoms with E-state index in [4.69, 9.17) is 9.47 Å². The van der Waals surface area contributed by atoms with Gasteiger partial charge in [0.1, 0.15) is 24.4 Å². The van der Waals surface area contributed by atoms with E-state index in [0.29, 0.717) is 32.1 Å². The second-order valence-corrected chi connectivity index (χ2v) is 9.20. The smallest absolute Gasteiger partial charge is 0.252 e. The van der Waals surface area contributed by atoms with Crippen LogP contribution >= 0.6 is 0 Å². The Labute approximate surface area is 186 Å². The number of hydrogen-bond donors (Lipinski definition) is 5. The third-order valence-electron chi connectivity index (χ3n) is 4.28. The van der Waals surface area contributed by atoms with Crippen LogP contribution in [0, 0.1) is 11.3 Å². The van der Waals surface area contributed by atoms with Crippen LogP contribution in [-0.4, -0.2) is 84.5 Å². The number of ether oxygens (including phenoxy) is 2. The Hall–Kier alpha value is -1.52. The number of rotatable bonds is 14. The molecule has 0 aliphatic heterocycles. The molecule has 0 fully saturated rings. The van der Waals surface area contributed by atoms with Gasteiger partial charge in [-0.15, -0.1) is 0 Å². The van der Waals surface area contributed by atoms with Gasteiger partial charge in [0, 0.05) is 26.9 Å². The summed E-state index contributed by atoms with van der Waals surface area (Å²) in [5.74, 6) is -0.720. The van der Waals surface area contributed by atoms with Gasteiger partial charge in [0.25, 0.3) is 5.91 Å². The first kappa shape index (κ1) is 29.5. The van der Waals surface area contributed by atoms with Crippen LogP contribution in [0.2, 0.25) is 0 Å². The Balaban J connectivity index is 4.62. The van der Waals surface area contributed by atoms with E-state index in [1.54, 1.807) is 6.08 Å². The van der Waals surface area contributed by atoms with Gasteiger partial charge in [0.15, 0.2) is 6.10 Å². The Morgan fingerprint density at radius 3 is 2.16 bits per heavy atom. The molecule has 0 aromatic rings. The molecular formula is C22H42N2O7. The fourth-order valence-electron chi connectivity index (χ4n) is 2.50. The highest BCUT2D eigenvalue weighted by Crippen LogP contribution is 2.17. The van der Waals surface area contributed by atoms with Crippen LogP contribution in [0.25, 0.3) is 0 Å². The first-order valence-corrected chi connectivity index (χ1v) is 10.7. The van der Waals surface area contributed by atoms with Gasteiger partial charge in [-0.2, -0.15) is 0 Å². The highest BCUT2D eigenvalue weighted by atomic mass is 16.5. The average molecular weight is 447 g/mol. The third kappa shape index (κ3) is 12.8. The van der Waals surface area contributed by atoms with Crippen LogP contribution in [0.15, 0.2) is 12.2 Å². The minimum Gasteiger partial charge on any atom is -0.387 e. The number of methoxy groups -OCH3 is 1. The van der Waals surface area contributed by atoms with Gasteiger partial charge in [-0.1, -0.05) is 46.8 Å². The molecule has 31 heavy (non-hydrogen) atoms. The first-order valence-electron chi connectivity index (χ1n) is 10.7. The maximum Gasteiger partial charge on any atom is 0.252 e. The van der Waals surface area contributed by atoms with Gasteiger partial charge in [-0.3, -0.25) is 9.59 Å². The first-order chi connectivity index (χ1) is 14.3. The van der Waals surface area contributed by atoms with Gasteiger partial charge in [-0.05, 0) is 24.7 Å². The van der Waals surface area contributed by atoms with Crippen molar-refractivity contribution < 1.29 is 34.4 Å². The van der Waals surface area contributed by atoms with E-state index in [1.165, 1.54) is 20.1 Å². The van der Waals surface area contributed by atoms with Crippen LogP contribution in [0.4, 0.5) is 0 Å². The van der Waals surface area contributed by atoms with Gasteiger partial charge in [0.2, 0.25) is 5.91 Å². The standard InChI is InChI=1S/C22H42N2O7/c1-14(2)13-31-12-8-11-23-20(28)15(3)24-21(29)19(30-7)18(27)17(26)16(25)9-10-22(4,5)6/h9-10,14-19,25-27H,8,11-13H2,1-7H3,(H,23,28)(H,24,29)/t15-,16+,17-,18+,19+/m0/s1. The van der Waals surface area contributed by atoms with Gasteiger partial charge < -0.3 is 35.4 Å².